The first-order chi connectivity index (χ1) is 17.1. The smallest absolute Gasteiger partial charge is 0.324 e. The Labute approximate surface area is 212 Å². The van der Waals surface area contributed by atoms with Crippen LogP contribution in [0.5, 0.6) is 0 Å². The van der Waals surface area contributed by atoms with Gasteiger partial charge in [-0.2, -0.15) is 0 Å². The lowest BCUT2D eigenvalue weighted by Gasteiger charge is -2.41. The van der Waals surface area contributed by atoms with Gasteiger partial charge >= 0.3 is 12.0 Å². The quantitative estimate of drug-likeness (QED) is 0.393. The molecule has 0 radical (unpaired) electrons. The third-order valence-corrected chi connectivity index (χ3v) is 7.93. The van der Waals surface area contributed by atoms with Crippen molar-refractivity contribution in [3.05, 3.63) is 40.9 Å². The van der Waals surface area contributed by atoms with Crippen LogP contribution < -0.4 is 10.6 Å². The van der Waals surface area contributed by atoms with Gasteiger partial charge in [0.25, 0.3) is 0 Å². The average molecular weight is 499 g/mol. The molecular weight excluding hydrogens is 460 g/mol. The van der Waals surface area contributed by atoms with Crippen molar-refractivity contribution in [2.24, 2.45) is 0 Å². The molecule has 8 heteroatoms. The predicted octanol–water partition coefficient (Wildman–Crippen LogP) is 6.36. The highest BCUT2D eigenvalue weighted by molar-refractivity contribution is 7.15. The maximum absolute atomic E-state index is 13.4. The summed E-state index contributed by atoms with van der Waals surface area (Å²) in [4.78, 5) is 32.7. The van der Waals surface area contributed by atoms with E-state index >= 15 is 0 Å². The molecule has 0 bridgehead atoms. The Morgan fingerprint density at radius 3 is 2.23 bits per heavy atom. The van der Waals surface area contributed by atoms with Gasteiger partial charge in [-0.1, -0.05) is 62.0 Å². The molecule has 4 rings (SSSR count). The maximum atomic E-state index is 13.4. The summed E-state index contributed by atoms with van der Waals surface area (Å²) in [5, 5.41) is 7.16. The first-order valence-corrected chi connectivity index (χ1v) is 14.0. The summed E-state index contributed by atoms with van der Waals surface area (Å²) in [6.07, 6.45) is 14.0. The van der Waals surface area contributed by atoms with Gasteiger partial charge in [-0.15, -0.1) is 0 Å². The molecule has 2 aromatic rings. The van der Waals surface area contributed by atoms with Gasteiger partial charge in [0, 0.05) is 28.8 Å². The van der Waals surface area contributed by atoms with Crippen molar-refractivity contribution in [3.8, 4) is 0 Å². The largest absolute Gasteiger partial charge is 0.466 e. The van der Waals surface area contributed by atoms with Gasteiger partial charge in [0.05, 0.1) is 19.6 Å². The molecule has 35 heavy (non-hydrogen) atoms. The summed E-state index contributed by atoms with van der Waals surface area (Å²) in [5.41, 5.74) is 1.90. The average Bonchev–Trinajstić information content (AvgIpc) is 3.32. The first-order valence-electron chi connectivity index (χ1n) is 13.1. The number of amides is 2. The number of carbonyl (C=O) groups excluding carboxylic acids is 2. The molecule has 0 spiro atoms. The lowest BCUT2D eigenvalue weighted by molar-refractivity contribution is -0.142. The number of rotatable bonds is 9. The molecule has 0 unspecified atom stereocenters. The van der Waals surface area contributed by atoms with Crippen molar-refractivity contribution in [3.63, 3.8) is 0 Å². The van der Waals surface area contributed by atoms with Crippen LogP contribution in [0.25, 0.3) is 0 Å². The number of esters is 1. The molecular formula is C27H38N4O3S. The first kappa shape index (κ1) is 25.5. The van der Waals surface area contributed by atoms with Crippen LogP contribution in [0.15, 0.2) is 30.5 Å². The van der Waals surface area contributed by atoms with Gasteiger partial charge in [0.1, 0.15) is 0 Å². The number of anilines is 2. The van der Waals surface area contributed by atoms with Gasteiger partial charge < -0.3 is 15.0 Å². The monoisotopic (exact) mass is 498 g/mol. The van der Waals surface area contributed by atoms with E-state index in [2.05, 4.69) is 20.5 Å². The second kappa shape index (κ2) is 12.9. The van der Waals surface area contributed by atoms with E-state index in [0.29, 0.717) is 30.4 Å². The normalized spacial score (nSPS) is 17.1. The van der Waals surface area contributed by atoms with E-state index in [4.69, 9.17) is 4.74 Å². The molecule has 2 aliphatic carbocycles. The highest BCUT2D eigenvalue weighted by Gasteiger charge is 2.32. The van der Waals surface area contributed by atoms with Crippen LogP contribution in [0.3, 0.4) is 0 Å². The van der Waals surface area contributed by atoms with Crippen LogP contribution in [0.4, 0.5) is 15.6 Å². The molecule has 2 N–H and O–H groups in total. The molecule has 1 heterocycles. The number of hydrogen-bond donors (Lipinski definition) is 2. The molecule has 0 atom stereocenters. The lowest BCUT2D eigenvalue weighted by Crippen LogP contribution is -2.50. The van der Waals surface area contributed by atoms with Gasteiger partial charge in [0.15, 0.2) is 5.13 Å². The fourth-order valence-corrected chi connectivity index (χ4v) is 6.00. The number of nitrogens with zero attached hydrogens (tertiary/aromatic N) is 2. The second-order valence-corrected chi connectivity index (χ2v) is 10.7. The Morgan fingerprint density at radius 1 is 1.00 bits per heavy atom. The van der Waals surface area contributed by atoms with Crippen LogP contribution in [0.1, 0.15) is 81.6 Å². The number of urea groups is 1. The Hall–Kier alpha value is -2.61. The predicted molar refractivity (Wildman–Crippen MR) is 141 cm³/mol. The molecule has 2 saturated carbocycles. The van der Waals surface area contributed by atoms with Crippen molar-refractivity contribution < 1.29 is 14.3 Å². The molecule has 0 aliphatic heterocycles. The molecule has 190 valence electrons. The van der Waals surface area contributed by atoms with Crippen LogP contribution in [0.2, 0.25) is 0 Å². The highest BCUT2D eigenvalue weighted by Crippen LogP contribution is 2.31. The Balaban J connectivity index is 1.31. The SMILES string of the molecule is CCOC(=O)Cc1ccc(NCc2cnc(NC(=O)N(C3CCCCC3)C3CCCCC3)s2)cc1. The van der Waals surface area contributed by atoms with Crippen LogP contribution in [-0.4, -0.2) is 40.6 Å². The summed E-state index contributed by atoms with van der Waals surface area (Å²) in [6.45, 7) is 2.83. The summed E-state index contributed by atoms with van der Waals surface area (Å²) in [7, 11) is 0. The van der Waals surface area contributed by atoms with E-state index in [1.807, 2.05) is 37.4 Å². The highest BCUT2D eigenvalue weighted by atomic mass is 32.1. The zero-order chi connectivity index (χ0) is 24.5. The van der Waals surface area contributed by atoms with E-state index in [1.165, 1.54) is 49.9 Å². The topological polar surface area (TPSA) is 83.6 Å². The zero-order valence-electron chi connectivity index (χ0n) is 20.8. The van der Waals surface area contributed by atoms with E-state index in [-0.39, 0.29) is 18.4 Å². The van der Waals surface area contributed by atoms with Crippen molar-refractivity contribution in [2.45, 2.75) is 96.2 Å². The van der Waals surface area contributed by atoms with Gasteiger partial charge in [-0.05, 0) is 50.3 Å². The van der Waals surface area contributed by atoms with Gasteiger partial charge in [-0.25, -0.2) is 9.78 Å². The van der Waals surface area contributed by atoms with E-state index in [0.717, 1.165) is 41.8 Å². The number of nitrogens with one attached hydrogen (secondary N) is 2. The number of ether oxygens (including phenoxy) is 1. The van der Waals surface area contributed by atoms with Crippen molar-refractivity contribution >= 4 is 34.2 Å². The standard InChI is InChI=1S/C27H38N4O3S/c1-2-34-25(32)17-20-13-15-21(16-14-20)28-18-24-19-29-26(35-24)30-27(33)31(22-9-5-3-6-10-22)23-11-7-4-8-12-23/h13-16,19,22-23,28H,2-12,17-18H2,1H3,(H,29,30,33). The summed E-state index contributed by atoms with van der Waals surface area (Å²) in [5.74, 6) is -0.210. The number of benzene rings is 1. The van der Waals surface area contributed by atoms with E-state index < -0.39 is 0 Å². The van der Waals surface area contributed by atoms with Gasteiger partial charge in [-0.3, -0.25) is 10.1 Å². The second-order valence-electron chi connectivity index (χ2n) is 9.59. The third kappa shape index (κ3) is 7.43. The van der Waals surface area contributed by atoms with E-state index in [1.54, 1.807) is 0 Å². The third-order valence-electron chi connectivity index (χ3n) is 7.01. The molecule has 1 aromatic carbocycles. The maximum Gasteiger partial charge on any atom is 0.324 e. The Kier molecular flexibility index (Phi) is 9.40. The lowest BCUT2D eigenvalue weighted by atomic mass is 9.89. The Bertz CT molecular complexity index is 932. The Morgan fingerprint density at radius 2 is 1.63 bits per heavy atom. The minimum absolute atomic E-state index is 0.0230. The molecule has 2 amide bonds. The minimum atomic E-state index is -0.210. The summed E-state index contributed by atoms with van der Waals surface area (Å²) < 4.78 is 5.00. The van der Waals surface area contributed by atoms with Crippen molar-refractivity contribution in [1.29, 1.82) is 0 Å². The van der Waals surface area contributed by atoms with Gasteiger partial charge in [0.2, 0.25) is 0 Å². The fourth-order valence-electron chi connectivity index (χ4n) is 5.26. The minimum Gasteiger partial charge on any atom is -0.466 e. The van der Waals surface area contributed by atoms with Crippen molar-refractivity contribution in [1.82, 2.24) is 9.88 Å². The molecule has 2 fully saturated rings. The summed E-state index contributed by atoms with van der Waals surface area (Å²) >= 11 is 1.51. The molecule has 0 saturated heterocycles. The number of aromatic nitrogens is 1. The number of hydrogen-bond acceptors (Lipinski definition) is 6. The number of thiazole rings is 1. The molecule has 2 aliphatic rings. The molecule has 1 aromatic heterocycles. The van der Waals surface area contributed by atoms with E-state index in [9.17, 15) is 9.59 Å². The van der Waals surface area contributed by atoms with Crippen LogP contribution in [-0.2, 0) is 22.5 Å². The molecule has 7 nitrogen and oxygen atoms in total. The van der Waals surface area contributed by atoms with Crippen LogP contribution in [0, 0.1) is 0 Å². The van der Waals surface area contributed by atoms with Crippen LogP contribution >= 0.6 is 11.3 Å². The number of carbonyl (C=O) groups is 2. The zero-order valence-corrected chi connectivity index (χ0v) is 21.6. The summed E-state index contributed by atoms with van der Waals surface area (Å²) in [6, 6.07) is 8.54. The van der Waals surface area contributed by atoms with Crippen molar-refractivity contribution in [2.75, 3.05) is 17.2 Å². The fraction of sp³-hybridized carbons (Fsp3) is 0.593.